The second-order valence-corrected chi connectivity index (χ2v) is 6.69. The third kappa shape index (κ3) is 6.22. The highest BCUT2D eigenvalue weighted by Crippen LogP contribution is 2.19. The second kappa shape index (κ2) is 9.30. The number of carbonyl (C=O) groups is 2. The van der Waals surface area contributed by atoms with E-state index in [1.54, 1.807) is 31.4 Å². The van der Waals surface area contributed by atoms with Gasteiger partial charge in [0.15, 0.2) is 0 Å². The van der Waals surface area contributed by atoms with Crippen molar-refractivity contribution in [3.8, 4) is 5.75 Å². The Morgan fingerprint density at radius 3 is 2.33 bits per heavy atom. The molecule has 5 nitrogen and oxygen atoms in total. The van der Waals surface area contributed by atoms with Gasteiger partial charge in [-0.3, -0.25) is 9.59 Å². The number of methoxy groups -OCH3 is 1. The fourth-order valence-corrected chi connectivity index (χ4v) is 3.13. The molecule has 1 atom stereocenters. The van der Waals surface area contributed by atoms with E-state index in [4.69, 9.17) is 4.74 Å². The van der Waals surface area contributed by atoms with Crippen molar-refractivity contribution in [2.24, 2.45) is 5.92 Å². The molecule has 1 saturated carbocycles. The molecule has 1 aromatic carbocycles. The van der Waals surface area contributed by atoms with Crippen LogP contribution in [0.15, 0.2) is 24.3 Å². The highest BCUT2D eigenvalue weighted by molar-refractivity contribution is 5.91. The molecule has 24 heavy (non-hydrogen) atoms. The summed E-state index contributed by atoms with van der Waals surface area (Å²) in [5, 5.41) is 5.95. The predicted molar refractivity (Wildman–Crippen MR) is 95.0 cm³/mol. The van der Waals surface area contributed by atoms with Crippen LogP contribution in [0.25, 0.3) is 0 Å². The summed E-state index contributed by atoms with van der Waals surface area (Å²) in [6.07, 6.45) is 6.57. The fraction of sp³-hybridized carbons (Fsp3) is 0.579. The van der Waals surface area contributed by atoms with Crippen LogP contribution in [0.1, 0.15) is 51.9 Å². The molecular weight excluding hydrogens is 304 g/mol. The molecule has 1 aliphatic rings. The molecule has 1 unspecified atom stereocenters. The molecule has 1 aromatic rings. The Morgan fingerprint density at radius 2 is 1.71 bits per heavy atom. The standard InChI is InChI=1S/C19H28N2O3/c1-14(12-18(22)20-15-6-4-3-5-7-15)13-19(23)21-16-8-10-17(24-2)11-9-16/h8-11,14-15H,3-7,12-13H2,1-2H3,(H,20,22)(H,21,23). The van der Waals surface area contributed by atoms with Crippen LogP contribution in [0, 0.1) is 5.92 Å². The van der Waals surface area contributed by atoms with E-state index in [9.17, 15) is 9.59 Å². The Balaban J connectivity index is 1.70. The molecule has 2 N–H and O–H groups in total. The number of benzene rings is 1. The Kier molecular flexibility index (Phi) is 7.09. The van der Waals surface area contributed by atoms with Crippen molar-refractivity contribution in [2.45, 2.75) is 57.9 Å². The van der Waals surface area contributed by atoms with Gasteiger partial charge in [0.2, 0.25) is 11.8 Å². The van der Waals surface area contributed by atoms with E-state index in [-0.39, 0.29) is 17.7 Å². The highest BCUT2D eigenvalue weighted by Gasteiger charge is 2.18. The summed E-state index contributed by atoms with van der Waals surface area (Å²) in [6, 6.07) is 7.54. The van der Waals surface area contributed by atoms with Crippen molar-refractivity contribution in [3.05, 3.63) is 24.3 Å². The van der Waals surface area contributed by atoms with Crippen molar-refractivity contribution < 1.29 is 14.3 Å². The highest BCUT2D eigenvalue weighted by atomic mass is 16.5. The number of anilines is 1. The molecule has 2 amide bonds. The fourth-order valence-electron chi connectivity index (χ4n) is 3.13. The minimum atomic E-state index is -0.0712. The van der Waals surface area contributed by atoms with Gasteiger partial charge < -0.3 is 15.4 Å². The van der Waals surface area contributed by atoms with E-state index in [2.05, 4.69) is 10.6 Å². The lowest BCUT2D eigenvalue weighted by molar-refractivity contribution is -0.123. The lowest BCUT2D eigenvalue weighted by Gasteiger charge is -2.23. The predicted octanol–water partition coefficient (Wildman–Crippen LogP) is 3.50. The quantitative estimate of drug-likeness (QED) is 0.803. The summed E-state index contributed by atoms with van der Waals surface area (Å²) in [5.74, 6) is 0.761. The SMILES string of the molecule is COc1ccc(NC(=O)CC(C)CC(=O)NC2CCCCC2)cc1. The van der Waals surface area contributed by atoms with Crippen LogP contribution < -0.4 is 15.4 Å². The second-order valence-electron chi connectivity index (χ2n) is 6.69. The van der Waals surface area contributed by atoms with Crippen LogP contribution in [0.3, 0.4) is 0 Å². The molecule has 1 fully saturated rings. The van der Waals surface area contributed by atoms with E-state index < -0.39 is 0 Å². The normalized spacial score (nSPS) is 16.2. The third-order valence-corrected chi connectivity index (χ3v) is 4.41. The lowest BCUT2D eigenvalue weighted by atomic mass is 9.95. The van der Waals surface area contributed by atoms with E-state index in [1.807, 2.05) is 6.92 Å². The first kappa shape index (κ1) is 18.3. The van der Waals surface area contributed by atoms with Gasteiger partial charge in [-0.1, -0.05) is 26.2 Å². The zero-order valence-corrected chi connectivity index (χ0v) is 14.6. The molecule has 0 aromatic heterocycles. The van der Waals surface area contributed by atoms with E-state index in [0.717, 1.165) is 24.3 Å². The topological polar surface area (TPSA) is 67.4 Å². The molecule has 0 spiro atoms. The van der Waals surface area contributed by atoms with Crippen molar-refractivity contribution in [2.75, 3.05) is 12.4 Å². The monoisotopic (exact) mass is 332 g/mol. The molecule has 2 rings (SSSR count). The van der Waals surface area contributed by atoms with Gasteiger partial charge >= 0.3 is 0 Å². The van der Waals surface area contributed by atoms with Crippen molar-refractivity contribution in [1.82, 2.24) is 5.32 Å². The molecule has 132 valence electrons. The molecule has 0 radical (unpaired) electrons. The molecular formula is C19H28N2O3. The van der Waals surface area contributed by atoms with E-state index in [1.165, 1.54) is 19.3 Å². The number of nitrogens with one attached hydrogen (secondary N) is 2. The summed E-state index contributed by atoms with van der Waals surface area (Å²) in [7, 11) is 1.60. The van der Waals surface area contributed by atoms with Gasteiger partial charge in [0.05, 0.1) is 7.11 Å². The van der Waals surface area contributed by atoms with Crippen LogP contribution in [-0.4, -0.2) is 25.0 Å². The summed E-state index contributed by atoms with van der Waals surface area (Å²) in [5.41, 5.74) is 0.736. The lowest BCUT2D eigenvalue weighted by Crippen LogP contribution is -2.37. The smallest absolute Gasteiger partial charge is 0.224 e. The van der Waals surface area contributed by atoms with Crippen molar-refractivity contribution in [3.63, 3.8) is 0 Å². The van der Waals surface area contributed by atoms with Crippen LogP contribution >= 0.6 is 0 Å². The first-order valence-electron chi connectivity index (χ1n) is 8.80. The number of carbonyl (C=O) groups excluding carboxylic acids is 2. The van der Waals surface area contributed by atoms with Gasteiger partial charge in [0, 0.05) is 24.6 Å². The van der Waals surface area contributed by atoms with Gasteiger partial charge in [0.1, 0.15) is 5.75 Å². The number of hydrogen-bond donors (Lipinski definition) is 2. The summed E-state index contributed by atoms with van der Waals surface area (Å²) in [6.45, 7) is 1.94. The van der Waals surface area contributed by atoms with E-state index >= 15 is 0 Å². The maximum absolute atomic E-state index is 12.1. The third-order valence-electron chi connectivity index (χ3n) is 4.41. The first-order valence-corrected chi connectivity index (χ1v) is 8.80. The van der Waals surface area contributed by atoms with Gasteiger partial charge in [0.25, 0.3) is 0 Å². The van der Waals surface area contributed by atoms with Gasteiger partial charge in [-0.2, -0.15) is 0 Å². The number of amides is 2. The summed E-state index contributed by atoms with van der Waals surface area (Å²) < 4.78 is 5.09. The zero-order valence-electron chi connectivity index (χ0n) is 14.6. The number of hydrogen-bond acceptors (Lipinski definition) is 3. The minimum absolute atomic E-state index is 0.0202. The van der Waals surface area contributed by atoms with Gasteiger partial charge in [-0.25, -0.2) is 0 Å². The van der Waals surface area contributed by atoms with Crippen LogP contribution in [0.4, 0.5) is 5.69 Å². The molecule has 0 saturated heterocycles. The summed E-state index contributed by atoms with van der Waals surface area (Å²) >= 11 is 0. The van der Waals surface area contributed by atoms with Gasteiger partial charge in [-0.05, 0) is 43.0 Å². The maximum Gasteiger partial charge on any atom is 0.224 e. The van der Waals surface area contributed by atoms with Gasteiger partial charge in [-0.15, -0.1) is 0 Å². The van der Waals surface area contributed by atoms with Crippen molar-refractivity contribution >= 4 is 17.5 Å². The Morgan fingerprint density at radius 1 is 1.08 bits per heavy atom. The molecule has 0 heterocycles. The summed E-state index contributed by atoms with van der Waals surface area (Å²) in [4.78, 5) is 24.2. The maximum atomic E-state index is 12.1. The first-order chi connectivity index (χ1) is 11.6. The molecule has 1 aliphatic carbocycles. The minimum Gasteiger partial charge on any atom is -0.497 e. The zero-order chi connectivity index (χ0) is 17.4. The van der Waals surface area contributed by atoms with E-state index in [0.29, 0.717) is 18.9 Å². The Bertz CT molecular complexity index is 536. The average molecular weight is 332 g/mol. The van der Waals surface area contributed by atoms with Crippen molar-refractivity contribution in [1.29, 1.82) is 0 Å². The Hall–Kier alpha value is -2.04. The number of ether oxygens (including phenoxy) is 1. The largest absolute Gasteiger partial charge is 0.497 e. The Labute approximate surface area is 144 Å². The number of rotatable bonds is 7. The van der Waals surface area contributed by atoms with Crippen LogP contribution in [-0.2, 0) is 9.59 Å². The molecule has 0 aliphatic heterocycles. The van der Waals surface area contributed by atoms with Crippen LogP contribution in [0.2, 0.25) is 0 Å². The average Bonchev–Trinajstić information content (AvgIpc) is 2.56. The van der Waals surface area contributed by atoms with Crippen LogP contribution in [0.5, 0.6) is 5.75 Å². The molecule has 0 bridgehead atoms. The molecule has 5 heteroatoms.